The van der Waals surface area contributed by atoms with Gasteiger partial charge in [0.1, 0.15) is 30.7 Å². The van der Waals surface area contributed by atoms with Crippen LogP contribution in [-0.2, 0) is 6.54 Å². The third-order valence-corrected chi connectivity index (χ3v) is 4.31. The molecule has 0 saturated carbocycles. The van der Waals surface area contributed by atoms with Gasteiger partial charge in [0.05, 0.1) is 12.1 Å². The van der Waals surface area contributed by atoms with Gasteiger partial charge in [-0.05, 0) is 35.9 Å². The first-order chi connectivity index (χ1) is 12.2. The topological polar surface area (TPSA) is 59.2 Å². The Morgan fingerprint density at radius 3 is 2.64 bits per heavy atom. The van der Waals surface area contributed by atoms with Gasteiger partial charge in [0.15, 0.2) is 5.76 Å². The molecule has 0 aliphatic heterocycles. The highest BCUT2D eigenvalue weighted by atomic mass is 35.5. The molecule has 4 nitrogen and oxygen atoms in total. The van der Waals surface area contributed by atoms with Crippen molar-refractivity contribution >= 4 is 11.6 Å². The van der Waals surface area contributed by atoms with Gasteiger partial charge in [0.25, 0.3) is 0 Å². The molecule has 0 spiro atoms. The summed E-state index contributed by atoms with van der Waals surface area (Å²) in [7, 11) is 1.59. The normalized spacial score (nSPS) is 12.1. The number of rotatable bonds is 7. The lowest BCUT2D eigenvalue weighted by molar-refractivity contribution is -0.679. The van der Waals surface area contributed by atoms with Crippen LogP contribution < -0.4 is 10.1 Å². The van der Waals surface area contributed by atoms with Gasteiger partial charge in [-0.2, -0.15) is 0 Å². The Kier molecular flexibility index (Phi) is 5.76. The number of methoxy groups -OCH3 is 1. The van der Waals surface area contributed by atoms with Crippen LogP contribution in [0.1, 0.15) is 17.4 Å². The van der Waals surface area contributed by atoms with E-state index in [0.29, 0.717) is 23.9 Å². The van der Waals surface area contributed by atoms with Crippen molar-refractivity contribution in [1.82, 2.24) is 0 Å². The lowest BCUT2D eigenvalue weighted by atomic mass is 10.1. The summed E-state index contributed by atoms with van der Waals surface area (Å²) in [6, 6.07) is 19.1. The number of hydrogen-bond acceptors (Lipinski definition) is 3. The second-order valence-electron chi connectivity index (χ2n) is 5.77. The third-order valence-electron chi connectivity index (χ3n) is 4.02. The van der Waals surface area contributed by atoms with Gasteiger partial charge >= 0.3 is 0 Å². The predicted molar refractivity (Wildman–Crippen MR) is 97.6 cm³/mol. The van der Waals surface area contributed by atoms with Crippen LogP contribution in [0.5, 0.6) is 5.75 Å². The Morgan fingerprint density at radius 2 is 1.92 bits per heavy atom. The first-order valence-electron chi connectivity index (χ1n) is 8.14. The Bertz CT molecular complexity index is 817. The Labute approximate surface area is 152 Å². The molecule has 0 aliphatic rings. The number of halogens is 1. The SMILES string of the molecule is COc1ccc(-c2ccc(C[NH2+]C[C@@H](O)c3ccccc3)o2)cc1Cl. The molecule has 25 heavy (non-hydrogen) atoms. The zero-order chi connectivity index (χ0) is 17.6. The molecule has 0 unspecified atom stereocenters. The minimum Gasteiger partial charge on any atom is -0.495 e. The van der Waals surface area contributed by atoms with E-state index in [-0.39, 0.29) is 0 Å². The second-order valence-corrected chi connectivity index (χ2v) is 6.18. The van der Waals surface area contributed by atoms with Crippen LogP contribution >= 0.6 is 11.6 Å². The van der Waals surface area contributed by atoms with Gasteiger partial charge in [-0.25, -0.2) is 0 Å². The van der Waals surface area contributed by atoms with Gasteiger partial charge in [0.2, 0.25) is 0 Å². The van der Waals surface area contributed by atoms with E-state index in [0.717, 1.165) is 22.6 Å². The molecule has 3 rings (SSSR count). The molecule has 5 heteroatoms. The molecule has 2 aromatic carbocycles. The summed E-state index contributed by atoms with van der Waals surface area (Å²) in [5, 5.41) is 12.8. The number of quaternary nitrogens is 1. The fourth-order valence-corrected chi connectivity index (χ4v) is 2.91. The summed E-state index contributed by atoms with van der Waals surface area (Å²) in [6.07, 6.45) is -0.490. The van der Waals surface area contributed by atoms with Crippen molar-refractivity contribution in [3.8, 4) is 17.1 Å². The van der Waals surface area contributed by atoms with Crippen molar-refractivity contribution in [1.29, 1.82) is 0 Å². The first-order valence-corrected chi connectivity index (χ1v) is 8.52. The molecule has 0 bridgehead atoms. The van der Waals surface area contributed by atoms with Gasteiger partial charge in [-0.1, -0.05) is 41.9 Å². The van der Waals surface area contributed by atoms with E-state index >= 15 is 0 Å². The van der Waals surface area contributed by atoms with Crippen molar-refractivity contribution in [2.24, 2.45) is 0 Å². The van der Waals surface area contributed by atoms with Crippen molar-refractivity contribution in [2.75, 3.05) is 13.7 Å². The number of hydrogen-bond donors (Lipinski definition) is 2. The van der Waals surface area contributed by atoms with E-state index in [2.05, 4.69) is 0 Å². The molecular weight excluding hydrogens is 338 g/mol. The van der Waals surface area contributed by atoms with Gasteiger partial charge in [-0.15, -0.1) is 0 Å². The molecule has 0 radical (unpaired) electrons. The van der Waals surface area contributed by atoms with E-state index in [4.69, 9.17) is 20.8 Å². The van der Waals surface area contributed by atoms with Crippen LogP contribution in [0.25, 0.3) is 11.3 Å². The summed E-state index contributed by atoms with van der Waals surface area (Å²) >= 11 is 6.16. The highest BCUT2D eigenvalue weighted by Crippen LogP contribution is 2.30. The minimum absolute atomic E-state index is 0.490. The largest absolute Gasteiger partial charge is 0.495 e. The fourth-order valence-electron chi connectivity index (χ4n) is 2.66. The fraction of sp³-hybridized carbons (Fsp3) is 0.200. The van der Waals surface area contributed by atoms with Gasteiger partial charge in [-0.3, -0.25) is 0 Å². The number of nitrogens with two attached hydrogens (primary N) is 1. The summed E-state index contributed by atoms with van der Waals surface area (Å²) in [4.78, 5) is 0. The zero-order valence-corrected chi connectivity index (χ0v) is 14.7. The molecule has 0 aliphatic carbocycles. The highest BCUT2D eigenvalue weighted by Gasteiger charge is 2.11. The average Bonchev–Trinajstić information content (AvgIpc) is 3.11. The van der Waals surface area contributed by atoms with Crippen LogP contribution in [0.4, 0.5) is 0 Å². The molecule has 1 aromatic heterocycles. The van der Waals surface area contributed by atoms with Crippen molar-refractivity contribution in [2.45, 2.75) is 12.6 Å². The first kappa shape index (κ1) is 17.5. The molecule has 3 aromatic rings. The zero-order valence-electron chi connectivity index (χ0n) is 14.0. The average molecular weight is 359 g/mol. The molecule has 1 heterocycles. The maximum Gasteiger partial charge on any atom is 0.158 e. The van der Waals surface area contributed by atoms with Crippen LogP contribution in [0.3, 0.4) is 0 Å². The Balaban J connectivity index is 1.58. The minimum atomic E-state index is -0.490. The van der Waals surface area contributed by atoms with Crippen LogP contribution in [-0.4, -0.2) is 18.8 Å². The van der Waals surface area contributed by atoms with Gasteiger partial charge in [0, 0.05) is 5.56 Å². The highest BCUT2D eigenvalue weighted by molar-refractivity contribution is 6.32. The molecule has 0 saturated heterocycles. The maximum absolute atomic E-state index is 10.2. The number of aliphatic hydroxyl groups excluding tert-OH is 1. The van der Waals surface area contributed by atoms with E-state index in [1.54, 1.807) is 7.11 Å². The number of aliphatic hydroxyl groups is 1. The van der Waals surface area contributed by atoms with Crippen LogP contribution in [0.2, 0.25) is 5.02 Å². The van der Waals surface area contributed by atoms with E-state index in [1.165, 1.54) is 0 Å². The number of furan rings is 1. The number of ether oxygens (including phenoxy) is 1. The van der Waals surface area contributed by atoms with E-state index in [9.17, 15) is 5.11 Å². The summed E-state index contributed by atoms with van der Waals surface area (Å²) < 4.78 is 11.0. The molecule has 3 N–H and O–H groups in total. The molecule has 0 amide bonds. The molecule has 1 atom stereocenters. The summed E-state index contributed by atoms with van der Waals surface area (Å²) in [6.45, 7) is 1.24. The van der Waals surface area contributed by atoms with Crippen LogP contribution in [0.15, 0.2) is 65.1 Å². The quantitative estimate of drug-likeness (QED) is 0.680. The smallest absolute Gasteiger partial charge is 0.158 e. The third kappa shape index (κ3) is 4.42. The molecule has 130 valence electrons. The number of benzene rings is 2. The lowest BCUT2D eigenvalue weighted by Gasteiger charge is -2.08. The second kappa shape index (κ2) is 8.21. The van der Waals surface area contributed by atoms with Crippen molar-refractivity contribution < 1.29 is 19.6 Å². The monoisotopic (exact) mass is 358 g/mol. The standard InChI is InChI=1S/C20H20ClNO3/c1-24-20-9-7-15(11-17(20)21)19-10-8-16(25-19)12-22-13-18(23)14-5-3-2-4-6-14/h2-11,18,22-23H,12-13H2,1H3/p+1/t18-/m1/s1. The van der Waals surface area contributed by atoms with E-state index in [1.807, 2.05) is 66.0 Å². The predicted octanol–water partition coefficient (Wildman–Crippen LogP) is 3.41. The van der Waals surface area contributed by atoms with Gasteiger partial charge < -0.3 is 19.6 Å². The lowest BCUT2D eigenvalue weighted by Crippen LogP contribution is -2.83. The van der Waals surface area contributed by atoms with Crippen molar-refractivity contribution in [3.05, 3.63) is 77.0 Å². The Hall–Kier alpha value is -2.27. The maximum atomic E-state index is 10.2. The van der Waals surface area contributed by atoms with Crippen molar-refractivity contribution in [3.63, 3.8) is 0 Å². The van der Waals surface area contributed by atoms with Crippen LogP contribution in [0, 0.1) is 0 Å². The molecule has 0 fully saturated rings. The molecular formula is C20H21ClNO3+. The van der Waals surface area contributed by atoms with E-state index < -0.39 is 6.10 Å². The summed E-state index contributed by atoms with van der Waals surface area (Å²) in [5.74, 6) is 2.25. The summed E-state index contributed by atoms with van der Waals surface area (Å²) in [5.41, 5.74) is 1.83. The Morgan fingerprint density at radius 1 is 1.12 bits per heavy atom.